The van der Waals surface area contributed by atoms with Crippen LogP contribution in [-0.4, -0.2) is 16.7 Å². The number of nitrogens with zero attached hydrogens (tertiary/aromatic N) is 1. The van der Waals surface area contributed by atoms with Gasteiger partial charge in [-0.3, -0.25) is 14.5 Å². The van der Waals surface area contributed by atoms with Crippen molar-refractivity contribution in [3.8, 4) is 0 Å². The van der Waals surface area contributed by atoms with Crippen LogP contribution < -0.4 is 5.32 Å². The molecule has 3 aromatic carbocycles. The molecule has 0 radical (unpaired) electrons. The van der Waals surface area contributed by atoms with Gasteiger partial charge in [-0.25, -0.2) is 0 Å². The SMILES string of the molecule is O=C1C(Nc2cccc(C(F)(F)F)c2)=C(c2ccc(Cl)cc2)C(=O)N1Cc1ccccc1. The van der Waals surface area contributed by atoms with E-state index in [1.54, 1.807) is 48.5 Å². The van der Waals surface area contributed by atoms with Crippen molar-refractivity contribution in [2.24, 2.45) is 0 Å². The first-order chi connectivity index (χ1) is 15.2. The van der Waals surface area contributed by atoms with Gasteiger partial charge in [-0.05, 0) is 41.5 Å². The van der Waals surface area contributed by atoms with Crippen molar-refractivity contribution >= 4 is 34.7 Å². The lowest BCUT2D eigenvalue weighted by atomic mass is 10.0. The zero-order chi connectivity index (χ0) is 22.9. The van der Waals surface area contributed by atoms with Crippen LogP contribution in [0.1, 0.15) is 16.7 Å². The number of hydrogen-bond acceptors (Lipinski definition) is 3. The fourth-order valence-corrected chi connectivity index (χ4v) is 3.53. The van der Waals surface area contributed by atoms with Gasteiger partial charge in [-0.2, -0.15) is 13.2 Å². The van der Waals surface area contributed by atoms with Gasteiger partial charge in [0.25, 0.3) is 11.8 Å². The number of benzene rings is 3. The van der Waals surface area contributed by atoms with Gasteiger partial charge in [-0.15, -0.1) is 0 Å². The minimum absolute atomic E-state index is 0.0311. The highest BCUT2D eigenvalue weighted by atomic mass is 35.5. The maximum atomic E-state index is 13.2. The van der Waals surface area contributed by atoms with Crippen molar-refractivity contribution < 1.29 is 22.8 Å². The molecule has 162 valence electrons. The third kappa shape index (κ3) is 4.38. The third-order valence-corrected chi connectivity index (χ3v) is 5.20. The fourth-order valence-electron chi connectivity index (χ4n) is 3.40. The van der Waals surface area contributed by atoms with Crippen molar-refractivity contribution in [3.05, 3.63) is 106 Å². The van der Waals surface area contributed by atoms with E-state index in [9.17, 15) is 22.8 Å². The van der Waals surface area contributed by atoms with Crippen LogP contribution in [0.25, 0.3) is 5.57 Å². The molecule has 1 N–H and O–H groups in total. The number of nitrogens with one attached hydrogen (secondary N) is 1. The second-order valence-electron chi connectivity index (χ2n) is 7.14. The minimum Gasteiger partial charge on any atom is -0.350 e. The Balaban J connectivity index is 1.75. The molecule has 3 aromatic rings. The monoisotopic (exact) mass is 456 g/mol. The molecule has 32 heavy (non-hydrogen) atoms. The van der Waals surface area contributed by atoms with Crippen LogP contribution in [0.15, 0.2) is 84.6 Å². The number of anilines is 1. The predicted octanol–water partition coefficient (Wildman–Crippen LogP) is 5.75. The maximum Gasteiger partial charge on any atom is 0.416 e. The van der Waals surface area contributed by atoms with Gasteiger partial charge in [0.15, 0.2) is 0 Å². The molecule has 0 unspecified atom stereocenters. The highest BCUT2D eigenvalue weighted by Gasteiger charge is 2.39. The van der Waals surface area contributed by atoms with Crippen LogP contribution in [0.2, 0.25) is 5.02 Å². The van der Waals surface area contributed by atoms with Gasteiger partial charge in [0.2, 0.25) is 0 Å². The van der Waals surface area contributed by atoms with E-state index in [0.717, 1.165) is 22.6 Å². The summed E-state index contributed by atoms with van der Waals surface area (Å²) in [6.07, 6.45) is -4.54. The Bertz CT molecular complexity index is 1210. The van der Waals surface area contributed by atoms with E-state index in [0.29, 0.717) is 10.6 Å². The first-order valence-corrected chi connectivity index (χ1v) is 9.96. The number of hydrogen-bond donors (Lipinski definition) is 1. The first kappa shape index (κ1) is 21.6. The summed E-state index contributed by atoms with van der Waals surface area (Å²) in [5, 5.41) is 3.19. The zero-order valence-electron chi connectivity index (χ0n) is 16.5. The molecule has 0 aromatic heterocycles. The second-order valence-corrected chi connectivity index (χ2v) is 7.58. The molecule has 4 nitrogen and oxygen atoms in total. The highest BCUT2D eigenvalue weighted by Crippen LogP contribution is 2.34. The Morgan fingerprint density at radius 1 is 0.844 bits per heavy atom. The van der Waals surface area contributed by atoms with Crippen molar-refractivity contribution in [2.75, 3.05) is 5.32 Å². The molecule has 2 amide bonds. The maximum absolute atomic E-state index is 13.2. The summed E-state index contributed by atoms with van der Waals surface area (Å²) in [5.74, 6) is -1.17. The Morgan fingerprint density at radius 2 is 1.53 bits per heavy atom. The van der Waals surface area contributed by atoms with Gasteiger partial charge in [0.1, 0.15) is 5.70 Å². The molecule has 0 fully saturated rings. The molecule has 0 aliphatic carbocycles. The van der Waals surface area contributed by atoms with Crippen LogP contribution in [0.4, 0.5) is 18.9 Å². The molecule has 8 heteroatoms. The van der Waals surface area contributed by atoms with Gasteiger partial charge < -0.3 is 5.32 Å². The number of carbonyl (C=O) groups excluding carboxylic acids is 2. The molecule has 0 saturated carbocycles. The summed E-state index contributed by atoms with van der Waals surface area (Å²) < 4.78 is 39.4. The van der Waals surface area contributed by atoms with Crippen molar-refractivity contribution in [1.29, 1.82) is 0 Å². The molecule has 0 saturated heterocycles. The van der Waals surface area contributed by atoms with Crippen molar-refractivity contribution in [3.63, 3.8) is 0 Å². The summed E-state index contributed by atoms with van der Waals surface area (Å²) in [5.41, 5.74) is 0.327. The van der Waals surface area contributed by atoms with Crippen LogP contribution in [0.5, 0.6) is 0 Å². The van der Waals surface area contributed by atoms with Crippen LogP contribution in [0.3, 0.4) is 0 Å². The summed E-state index contributed by atoms with van der Waals surface area (Å²) in [7, 11) is 0. The Labute approximate surface area is 186 Å². The predicted molar refractivity (Wildman–Crippen MR) is 115 cm³/mol. The Hall–Kier alpha value is -3.58. The van der Waals surface area contributed by atoms with Crippen molar-refractivity contribution in [2.45, 2.75) is 12.7 Å². The van der Waals surface area contributed by atoms with Crippen LogP contribution in [-0.2, 0) is 22.3 Å². The molecular formula is C24H16ClF3N2O2. The van der Waals surface area contributed by atoms with E-state index in [2.05, 4.69) is 5.32 Å². The van der Waals surface area contributed by atoms with E-state index in [1.165, 1.54) is 12.1 Å². The third-order valence-electron chi connectivity index (χ3n) is 4.94. The quantitative estimate of drug-likeness (QED) is 0.497. The number of alkyl halides is 3. The topological polar surface area (TPSA) is 49.4 Å². The van der Waals surface area contributed by atoms with Crippen molar-refractivity contribution in [1.82, 2.24) is 4.90 Å². The van der Waals surface area contributed by atoms with Gasteiger partial charge in [0, 0.05) is 10.7 Å². The molecule has 4 rings (SSSR count). The molecule has 0 atom stereocenters. The lowest BCUT2D eigenvalue weighted by Gasteiger charge is -2.15. The Morgan fingerprint density at radius 3 is 2.19 bits per heavy atom. The minimum atomic E-state index is -4.54. The van der Waals surface area contributed by atoms with E-state index >= 15 is 0 Å². The molecule has 0 spiro atoms. The largest absolute Gasteiger partial charge is 0.416 e. The number of imide groups is 1. The van der Waals surface area contributed by atoms with E-state index in [-0.39, 0.29) is 23.5 Å². The normalized spacial score (nSPS) is 14.3. The van der Waals surface area contributed by atoms with E-state index in [1.807, 2.05) is 6.07 Å². The standard InChI is InChI=1S/C24H16ClF3N2O2/c25-18-11-9-16(10-12-18)20-21(29-19-8-4-7-17(13-19)24(26,27)28)23(32)30(22(20)31)14-15-5-2-1-3-6-15/h1-13,29H,14H2. The lowest BCUT2D eigenvalue weighted by Crippen LogP contribution is -2.32. The number of halogens is 4. The van der Waals surface area contributed by atoms with Crippen LogP contribution >= 0.6 is 11.6 Å². The van der Waals surface area contributed by atoms with Gasteiger partial charge >= 0.3 is 6.18 Å². The van der Waals surface area contributed by atoms with E-state index < -0.39 is 23.6 Å². The van der Waals surface area contributed by atoms with E-state index in [4.69, 9.17) is 11.6 Å². The number of amides is 2. The molecule has 1 aliphatic rings. The van der Waals surface area contributed by atoms with Gasteiger partial charge in [0.05, 0.1) is 17.7 Å². The fraction of sp³-hybridized carbons (Fsp3) is 0.0833. The average molecular weight is 457 g/mol. The summed E-state index contributed by atoms with van der Waals surface area (Å²) in [6, 6.07) is 19.7. The number of carbonyl (C=O) groups is 2. The first-order valence-electron chi connectivity index (χ1n) is 9.58. The molecule has 1 aliphatic heterocycles. The molecule has 0 bridgehead atoms. The lowest BCUT2D eigenvalue weighted by molar-refractivity contribution is -0.138. The molecular weight excluding hydrogens is 441 g/mol. The molecule has 1 heterocycles. The van der Waals surface area contributed by atoms with Gasteiger partial charge in [-0.1, -0.05) is 60.1 Å². The highest BCUT2D eigenvalue weighted by molar-refractivity contribution is 6.36. The smallest absolute Gasteiger partial charge is 0.350 e. The summed E-state index contributed by atoms with van der Waals surface area (Å²) in [4.78, 5) is 27.5. The van der Waals surface area contributed by atoms with Crippen LogP contribution in [0, 0.1) is 0 Å². The summed E-state index contributed by atoms with van der Waals surface area (Å²) >= 11 is 5.95. The number of rotatable bonds is 5. The Kier molecular flexibility index (Phi) is 5.76. The summed E-state index contributed by atoms with van der Waals surface area (Å²) in [6.45, 7) is 0.0311. The average Bonchev–Trinajstić information content (AvgIpc) is 2.99. The zero-order valence-corrected chi connectivity index (χ0v) is 17.2. The second kappa shape index (κ2) is 8.51.